The zero-order chi connectivity index (χ0) is 23.1. The van der Waals surface area contributed by atoms with Crippen molar-refractivity contribution >= 4 is 22.6 Å². The van der Waals surface area contributed by atoms with E-state index in [0.717, 1.165) is 0 Å². The molecule has 0 aliphatic heterocycles. The van der Waals surface area contributed by atoms with Crippen LogP contribution in [0.3, 0.4) is 0 Å². The van der Waals surface area contributed by atoms with Gasteiger partial charge in [0.25, 0.3) is 0 Å². The third-order valence-electron chi connectivity index (χ3n) is 5.37. The first kappa shape index (κ1) is 19.6. The van der Waals surface area contributed by atoms with Crippen molar-refractivity contribution in [2.75, 3.05) is 0 Å². The Bertz CT molecular complexity index is 1560. The van der Waals surface area contributed by atoms with Gasteiger partial charge < -0.3 is 0 Å². The number of hydrogen-bond acceptors (Lipinski definition) is 8. The van der Waals surface area contributed by atoms with Crippen molar-refractivity contribution in [2.24, 2.45) is 0 Å². The van der Waals surface area contributed by atoms with Crippen LogP contribution < -0.4 is 0 Å². The van der Waals surface area contributed by atoms with Gasteiger partial charge in [0.1, 0.15) is 34.2 Å². The summed E-state index contributed by atoms with van der Waals surface area (Å²) in [6, 6.07) is 20.7. The van der Waals surface area contributed by atoms with E-state index in [-0.39, 0.29) is 11.6 Å². The Morgan fingerprint density at radius 1 is 0.559 bits per heavy atom. The van der Waals surface area contributed by atoms with E-state index in [1.165, 1.54) is 9.03 Å². The van der Waals surface area contributed by atoms with Crippen molar-refractivity contribution in [3.8, 4) is 11.4 Å². The van der Waals surface area contributed by atoms with Gasteiger partial charge in [-0.2, -0.15) is 0 Å². The van der Waals surface area contributed by atoms with Crippen molar-refractivity contribution in [1.82, 2.24) is 39.6 Å². The van der Waals surface area contributed by atoms with Gasteiger partial charge in [-0.1, -0.05) is 34.7 Å². The molecule has 0 bridgehead atoms. The summed E-state index contributed by atoms with van der Waals surface area (Å²) in [6.45, 7) is 0. The van der Waals surface area contributed by atoms with Crippen LogP contribution in [0.4, 0.5) is 0 Å². The van der Waals surface area contributed by atoms with E-state index in [2.05, 4.69) is 30.6 Å². The minimum Gasteiger partial charge on any atom is -0.285 e. The summed E-state index contributed by atoms with van der Waals surface area (Å²) in [6.07, 6.45) is 3.12. The van der Waals surface area contributed by atoms with Crippen LogP contribution in [0, 0.1) is 0 Å². The van der Waals surface area contributed by atoms with Gasteiger partial charge in [0.05, 0.1) is 11.0 Å². The fourth-order valence-electron chi connectivity index (χ4n) is 3.77. The zero-order valence-electron chi connectivity index (χ0n) is 17.5. The molecule has 0 saturated heterocycles. The van der Waals surface area contributed by atoms with E-state index in [4.69, 9.17) is 0 Å². The molecule has 162 valence electrons. The molecule has 10 heteroatoms. The molecule has 0 radical (unpaired) electrons. The number of carbonyl (C=O) groups is 2. The smallest absolute Gasteiger partial charge is 0.229 e. The van der Waals surface area contributed by atoms with Crippen molar-refractivity contribution < 1.29 is 9.59 Å². The summed E-state index contributed by atoms with van der Waals surface area (Å²) in [4.78, 5) is 34.3. The highest BCUT2D eigenvalue weighted by Gasteiger charge is 2.22. The number of pyridine rings is 4. The average molecular weight is 446 g/mol. The van der Waals surface area contributed by atoms with Crippen LogP contribution in [-0.2, 0) is 0 Å². The molecular weight excluding hydrogens is 432 g/mol. The SMILES string of the molecule is O=C(c1ccccn1)c1cccc2c(-c3nnn4c(C(=O)c5ccccn5)cccc34)nnn12. The minimum atomic E-state index is -0.279. The van der Waals surface area contributed by atoms with E-state index in [1.807, 2.05) is 0 Å². The number of ketones is 2. The molecule has 6 aromatic heterocycles. The highest BCUT2D eigenvalue weighted by atomic mass is 16.1. The Hall–Kier alpha value is -5.12. The van der Waals surface area contributed by atoms with Gasteiger partial charge in [0.15, 0.2) is 0 Å². The van der Waals surface area contributed by atoms with Crippen molar-refractivity contribution in [3.05, 3.63) is 108 Å². The van der Waals surface area contributed by atoms with E-state index in [0.29, 0.717) is 45.2 Å². The zero-order valence-corrected chi connectivity index (χ0v) is 17.5. The molecule has 0 fully saturated rings. The predicted molar refractivity (Wildman–Crippen MR) is 120 cm³/mol. The van der Waals surface area contributed by atoms with Gasteiger partial charge in [-0.25, -0.2) is 9.03 Å². The maximum Gasteiger partial charge on any atom is 0.229 e. The fourth-order valence-corrected chi connectivity index (χ4v) is 3.77. The topological polar surface area (TPSA) is 120 Å². The summed E-state index contributed by atoms with van der Waals surface area (Å²) in [7, 11) is 0. The lowest BCUT2D eigenvalue weighted by Gasteiger charge is -2.04. The maximum absolute atomic E-state index is 13.0. The van der Waals surface area contributed by atoms with Crippen molar-refractivity contribution in [1.29, 1.82) is 0 Å². The molecule has 6 heterocycles. The van der Waals surface area contributed by atoms with Crippen LogP contribution in [0.15, 0.2) is 85.2 Å². The van der Waals surface area contributed by atoms with Gasteiger partial charge in [-0.05, 0) is 48.5 Å². The van der Waals surface area contributed by atoms with Gasteiger partial charge in [0, 0.05) is 12.4 Å². The van der Waals surface area contributed by atoms with Crippen LogP contribution in [-0.4, -0.2) is 51.2 Å². The van der Waals surface area contributed by atoms with Gasteiger partial charge >= 0.3 is 0 Å². The second-order valence-corrected chi connectivity index (χ2v) is 7.38. The second-order valence-electron chi connectivity index (χ2n) is 7.38. The lowest BCUT2D eigenvalue weighted by Crippen LogP contribution is -2.10. The molecule has 0 atom stereocenters. The van der Waals surface area contributed by atoms with Crippen LogP contribution >= 0.6 is 0 Å². The molecule has 34 heavy (non-hydrogen) atoms. The Labute approximate surface area is 191 Å². The Morgan fingerprint density at radius 3 is 1.44 bits per heavy atom. The van der Waals surface area contributed by atoms with Crippen LogP contribution in [0.25, 0.3) is 22.4 Å². The van der Waals surface area contributed by atoms with E-state index in [9.17, 15) is 9.59 Å². The Balaban J connectivity index is 1.47. The summed E-state index contributed by atoms with van der Waals surface area (Å²) in [5.74, 6) is -0.558. The van der Waals surface area contributed by atoms with Crippen LogP contribution in [0.2, 0.25) is 0 Å². The van der Waals surface area contributed by atoms with Crippen molar-refractivity contribution in [2.45, 2.75) is 0 Å². The first-order valence-electron chi connectivity index (χ1n) is 10.3. The maximum atomic E-state index is 13.0. The number of hydrogen-bond donors (Lipinski definition) is 0. The van der Waals surface area contributed by atoms with E-state index >= 15 is 0 Å². The standard InChI is InChI=1S/C24H14N8O2/c33-23(15-7-1-3-13-25-15)19-11-5-9-17-21(27-29-31(17)19)22-18-10-6-12-20(32(18)30-28-22)24(34)16-8-2-4-14-26-16/h1-14H. The molecule has 0 unspecified atom stereocenters. The lowest BCUT2D eigenvalue weighted by molar-refractivity contribution is 0.102. The lowest BCUT2D eigenvalue weighted by atomic mass is 10.1. The normalized spacial score (nSPS) is 11.2. The number of carbonyl (C=O) groups excluding carboxylic acids is 2. The molecule has 0 aliphatic carbocycles. The average Bonchev–Trinajstić information content (AvgIpc) is 3.53. The fraction of sp³-hybridized carbons (Fsp3) is 0. The van der Waals surface area contributed by atoms with Gasteiger partial charge in [-0.3, -0.25) is 19.6 Å². The van der Waals surface area contributed by atoms with E-state index in [1.54, 1.807) is 85.2 Å². The Kier molecular flexibility index (Phi) is 4.48. The highest BCUT2D eigenvalue weighted by Crippen LogP contribution is 2.26. The van der Waals surface area contributed by atoms with Gasteiger partial charge in [-0.15, -0.1) is 10.2 Å². The first-order chi connectivity index (χ1) is 16.7. The molecular formula is C24H14N8O2. The van der Waals surface area contributed by atoms with Gasteiger partial charge in [0.2, 0.25) is 11.6 Å². The van der Waals surface area contributed by atoms with E-state index < -0.39 is 0 Å². The first-order valence-corrected chi connectivity index (χ1v) is 10.3. The molecule has 0 N–H and O–H groups in total. The molecule has 0 saturated carbocycles. The number of aromatic nitrogens is 8. The Morgan fingerprint density at radius 2 is 1.03 bits per heavy atom. The number of fused-ring (bicyclic) bond motifs is 2. The summed E-state index contributed by atoms with van der Waals surface area (Å²) in [5.41, 5.74) is 3.27. The molecule has 6 rings (SSSR count). The molecule has 0 aliphatic rings. The molecule has 0 amide bonds. The monoisotopic (exact) mass is 446 g/mol. The quantitative estimate of drug-likeness (QED) is 0.371. The van der Waals surface area contributed by atoms with Crippen LogP contribution in [0.5, 0.6) is 0 Å². The van der Waals surface area contributed by atoms with Crippen molar-refractivity contribution in [3.63, 3.8) is 0 Å². The highest BCUT2D eigenvalue weighted by molar-refractivity contribution is 6.08. The summed E-state index contributed by atoms with van der Waals surface area (Å²) >= 11 is 0. The molecule has 0 aromatic carbocycles. The molecule has 10 nitrogen and oxygen atoms in total. The number of nitrogens with zero attached hydrogens (tertiary/aromatic N) is 8. The minimum absolute atomic E-state index is 0.279. The molecule has 0 spiro atoms. The predicted octanol–water partition coefficient (Wildman–Crippen LogP) is 2.69. The van der Waals surface area contributed by atoms with Crippen LogP contribution in [0.1, 0.15) is 32.4 Å². The summed E-state index contributed by atoms with van der Waals surface area (Å²) in [5, 5.41) is 17.0. The second kappa shape index (κ2) is 7.78. The number of rotatable bonds is 5. The summed E-state index contributed by atoms with van der Waals surface area (Å²) < 4.78 is 2.92. The third-order valence-corrected chi connectivity index (χ3v) is 5.37. The third kappa shape index (κ3) is 3.05. The molecule has 6 aromatic rings. The largest absolute Gasteiger partial charge is 0.285 e.